The summed E-state index contributed by atoms with van der Waals surface area (Å²) in [6, 6.07) is 0. The Morgan fingerprint density at radius 1 is 1.08 bits per heavy atom. The van der Waals surface area contributed by atoms with E-state index in [-0.39, 0.29) is 6.10 Å². The van der Waals surface area contributed by atoms with Crippen molar-refractivity contribution in [2.75, 3.05) is 0 Å². The van der Waals surface area contributed by atoms with Crippen LogP contribution in [0.1, 0.15) is 47.5 Å². The zero-order valence-electron chi connectivity index (χ0n) is 9.02. The molecule has 0 aromatic carbocycles. The highest BCUT2D eigenvalue weighted by molar-refractivity contribution is 5.11. The molecule has 1 N–H and O–H groups in total. The molecule has 0 rings (SSSR count). The fourth-order valence-electron chi connectivity index (χ4n) is 1.52. The molecule has 0 aromatic heterocycles. The first kappa shape index (κ1) is 11.7. The highest BCUT2D eigenvalue weighted by Gasteiger charge is 2.17. The molecule has 0 spiro atoms. The average Bonchev–Trinajstić information content (AvgIpc) is 2.05. The van der Waals surface area contributed by atoms with E-state index in [1.807, 2.05) is 6.92 Å². The first-order valence-corrected chi connectivity index (χ1v) is 4.86. The van der Waals surface area contributed by atoms with Crippen molar-refractivity contribution >= 4 is 0 Å². The molecule has 0 aromatic rings. The minimum absolute atomic E-state index is 0.162. The zero-order valence-corrected chi connectivity index (χ0v) is 9.02. The van der Waals surface area contributed by atoms with E-state index in [4.69, 9.17) is 0 Å². The van der Waals surface area contributed by atoms with Crippen molar-refractivity contribution in [3.63, 3.8) is 0 Å². The van der Waals surface area contributed by atoms with Crippen LogP contribution >= 0.6 is 0 Å². The van der Waals surface area contributed by atoms with E-state index >= 15 is 0 Å². The van der Waals surface area contributed by atoms with Gasteiger partial charge in [0.1, 0.15) is 0 Å². The molecule has 0 bridgehead atoms. The summed E-state index contributed by atoms with van der Waals surface area (Å²) in [6.45, 7) is 10.5. The van der Waals surface area contributed by atoms with Gasteiger partial charge in [-0.05, 0) is 33.6 Å². The van der Waals surface area contributed by atoms with Gasteiger partial charge in [-0.15, -0.1) is 0 Å². The van der Waals surface area contributed by atoms with E-state index in [0.717, 1.165) is 12.8 Å². The number of hydrogen-bond acceptors (Lipinski definition) is 1. The topological polar surface area (TPSA) is 20.2 Å². The molecule has 2 unspecified atom stereocenters. The summed E-state index contributed by atoms with van der Waals surface area (Å²) < 4.78 is 0. The summed E-state index contributed by atoms with van der Waals surface area (Å²) in [5.74, 6) is 0.361. The van der Waals surface area contributed by atoms with Crippen LogP contribution in [0.3, 0.4) is 0 Å². The van der Waals surface area contributed by atoms with Gasteiger partial charge in [-0.1, -0.05) is 25.0 Å². The van der Waals surface area contributed by atoms with Gasteiger partial charge in [-0.2, -0.15) is 0 Å². The lowest BCUT2D eigenvalue weighted by Gasteiger charge is -2.22. The smallest absolute Gasteiger partial charge is 0.0602 e. The van der Waals surface area contributed by atoms with Gasteiger partial charge in [0, 0.05) is 5.92 Å². The minimum atomic E-state index is -0.162. The molecule has 0 saturated carbocycles. The van der Waals surface area contributed by atoms with E-state index < -0.39 is 0 Å². The summed E-state index contributed by atoms with van der Waals surface area (Å²) >= 11 is 0. The van der Waals surface area contributed by atoms with Crippen LogP contribution in [0, 0.1) is 5.92 Å². The van der Waals surface area contributed by atoms with Gasteiger partial charge in [-0.25, -0.2) is 0 Å². The van der Waals surface area contributed by atoms with Gasteiger partial charge in [-0.3, -0.25) is 0 Å². The van der Waals surface area contributed by atoms with Gasteiger partial charge in [0.05, 0.1) is 6.10 Å². The molecule has 0 heterocycles. The van der Waals surface area contributed by atoms with Crippen molar-refractivity contribution in [2.45, 2.75) is 53.6 Å². The molecule has 0 radical (unpaired) electrons. The third kappa shape index (κ3) is 2.98. The Balaban J connectivity index is 4.45. The van der Waals surface area contributed by atoms with Gasteiger partial charge in [0.15, 0.2) is 0 Å². The summed E-state index contributed by atoms with van der Waals surface area (Å²) in [4.78, 5) is 0. The lowest BCUT2D eigenvalue weighted by molar-refractivity contribution is 0.118. The first-order chi connectivity index (χ1) is 5.54. The van der Waals surface area contributed by atoms with Crippen molar-refractivity contribution in [2.24, 2.45) is 5.92 Å². The first-order valence-electron chi connectivity index (χ1n) is 4.86. The normalized spacial score (nSPS) is 15.5. The van der Waals surface area contributed by atoms with Crippen LogP contribution in [0.4, 0.5) is 0 Å². The van der Waals surface area contributed by atoms with Crippen LogP contribution < -0.4 is 0 Å². The van der Waals surface area contributed by atoms with Crippen molar-refractivity contribution in [1.82, 2.24) is 0 Å². The molecule has 0 amide bonds. The zero-order chi connectivity index (χ0) is 9.72. The number of rotatable bonds is 4. The van der Waals surface area contributed by atoms with Crippen molar-refractivity contribution < 1.29 is 5.11 Å². The second-order valence-corrected chi connectivity index (χ2v) is 3.67. The summed E-state index contributed by atoms with van der Waals surface area (Å²) in [5, 5.41) is 9.70. The van der Waals surface area contributed by atoms with Crippen LogP contribution in [0.2, 0.25) is 0 Å². The lowest BCUT2D eigenvalue weighted by atomic mass is 9.88. The quantitative estimate of drug-likeness (QED) is 0.643. The predicted molar refractivity (Wildman–Crippen MR) is 54.1 cm³/mol. The third-order valence-electron chi connectivity index (χ3n) is 2.67. The fourth-order valence-corrected chi connectivity index (χ4v) is 1.52. The average molecular weight is 170 g/mol. The van der Waals surface area contributed by atoms with Crippen LogP contribution in [-0.4, -0.2) is 11.2 Å². The number of aliphatic hydroxyl groups is 1. The minimum Gasteiger partial charge on any atom is -0.393 e. The second-order valence-electron chi connectivity index (χ2n) is 3.67. The van der Waals surface area contributed by atoms with Crippen LogP contribution in [0.15, 0.2) is 11.1 Å². The molecule has 1 nitrogen and oxygen atoms in total. The SMILES string of the molecule is CCC(O)C(CC)C(C)=C(C)C. The molecule has 0 aliphatic heterocycles. The highest BCUT2D eigenvalue weighted by atomic mass is 16.3. The molecule has 0 aliphatic carbocycles. The Morgan fingerprint density at radius 3 is 1.83 bits per heavy atom. The van der Waals surface area contributed by atoms with Gasteiger partial charge in [0.2, 0.25) is 0 Å². The van der Waals surface area contributed by atoms with Crippen molar-refractivity contribution in [3.8, 4) is 0 Å². The van der Waals surface area contributed by atoms with E-state index in [2.05, 4.69) is 27.7 Å². The number of hydrogen-bond donors (Lipinski definition) is 1. The molecule has 2 atom stereocenters. The highest BCUT2D eigenvalue weighted by Crippen LogP contribution is 2.23. The van der Waals surface area contributed by atoms with Gasteiger partial charge >= 0.3 is 0 Å². The maximum atomic E-state index is 9.70. The maximum absolute atomic E-state index is 9.70. The summed E-state index contributed by atoms with van der Waals surface area (Å²) in [5.41, 5.74) is 2.70. The fraction of sp³-hybridized carbons (Fsp3) is 0.818. The van der Waals surface area contributed by atoms with E-state index in [0.29, 0.717) is 5.92 Å². The van der Waals surface area contributed by atoms with Crippen LogP contribution in [0.5, 0.6) is 0 Å². The Kier molecular flexibility index (Phi) is 5.23. The van der Waals surface area contributed by atoms with Crippen molar-refractivity contribution in [1.29, 1.82) is 0 Å². The summed E-state index contributed by atoms with van der Waals surface area (Å²) in [6.07, 6.45) is 1.72. The molecule has 0 fully saturated rings. The second kappa shape index (κ2) is 5.36. The lowest BCUT2D eigenvalue weighted by Crippen LogP contribution is -2.20. The molecule has 72 valence electrons. The maximum Gasteiger partial charge on any atom is 0.0602 e. The van der Waals surface area contributed by atoms with E-state index in [9.17, 15) is 5.11 Å². The van der Waals surface area contributed by atoms with Crippen LogP contribution in [-0.2, 0) is 0 Å². The predicted octanol–water partition coefficient (Wildman–Crippen LogP) is 3.14. The van der Waals surface area contributed by atoms with Gasteiger partial charge in [0.25, 0.3) is 0 Å². The third-order valence-corrected chi connectivity index (χ3v) is 2.67. The van der Waals surface area contributed by atoms with E-state index in [1.165, 1.54) is 11.1 Å². The van der Waals surface area contributed by atoms with E-state index in [1.54, 1.807) is 0 Å². The number of aliphatic hydroxyl groups excluding tert-OH is 1. The Morgan fingerprint density at radius 2 is 1.58 bits per heavy atom. The molecular weight excluding hydrogens is 148 g/mol. The van der Waals surface area contributed by atoms with Crippen LogP contribution in [0.25, 0.3) is 0 Å². The molecular formula is C11H22O. The monoisotopic (exact) mass is 170 g/mol. The molecule has 1 heteroatoms. The standard InChI is InChI=1S/C11H22O/c1-6-10(11(12)7-2)9(5)8(3)4/h10-12H,6-7H2,1-5H3. The molecule has 0 saturated heterocycles. The molecule has 0 aliphatic rings. The molecule has 12 heavy (non-hydrogen) atoms. The number of allylic oxidation sites excluding steroid dienone is 1. The largest absolute Gasteiger partial charge is 0.393 e. The summed E-state index contributed by atoms with van der Waals surface area (Å²) in [7, 11) is 0. The Labute approximate surface area is 76.5 Å². The van der Waals surface area contributed by atoms with Crippen molar-refractivity contribution in [3.05, 3.63) is 11.1 Å². The van der Waals surface area contributed by atoms with Gasteiger partial charge < -0.3 is 5.11 Å². The Bertz CT molecular complexity index is 154. The Hall–Kier alpha value is -0.300.